The molecule has 1 atom stereocenters. The molecular weight excluding hydrogens is 228 g/mol. The van der Waals surface area contributed by atoms with E-state index in [4.69, 9.17) is 5.11 Å². The van der Waals surface area contributed by atoms with Gasteiger partial charge in [-0.05, 0) is 19.4 Å². The monoisotopic (exact) mass is 243 g/mol. The van der Waals surface area contributed by atoms with Crippen molar-refractivity contribution in [2.24, 2.45) is 0 Å². The molecule has 0 radical (unpaired) electrons. The molecule has 1 rings (SSSR count). The fraction of sp³-hybridized carbons (Fsp3) is 0.417. The Morgan fingerprint density at radius 1 is 1.47 bits per heavy atom. The van der Waals surface area contributed by atoms with Gasteiger partial charge in [-0.25, -0.2) is 8.78 Å². The molecule has 94 valence electrons. The van der Waals surface area contributed by atoms with Crippen LogP contribution in [0, 0.1) is 11.6 Å². The van der Waals surface area contributed by atoms with Crippen LogP contribution in [0.15, 0.2) is 18.2 Å². The Bertz CT molecular complexity index is 394. The largest absolute Gasteiger partial charge is 0.393 e. The first-order valence-electron chi connectivity index (χ1n) is 5.38. The molecule has 1 aromatic rings. The summed E-state index contributed by atoms with van der Waals surface area (Å²) in [6, 6.07) is 3.73. The minimum Gasteiger partial charge on any atom is -0.393 e. The number of carbonyl (C=O) groups excluding carboxylic acids is 1. The molecular formula is C12H15F2NO2. The van der Waals surface area contributed by atoms with Crippen molar-refractivity contribution < 1.29 is 18.7 Å². The van der Waals surface area contributed by atoms with Crippen molar-refractivity contribution in [2.45, 2.75) is 25.9 Å². The van der Waals surface area contributed by atoms with Crippen LogP contribution in [0.25, 0.3) is 0 Å². The van der Waals surface area contributed by atoms with Crippen molar-refractivity contribution in [1.82, 2.24) is 5.32 Å². The Kier molecular flexibility index (Phi) is 5.03. The Labute approximate surface area is 98.5 Å². The van der Waals surface area contributed by atoms with Crippen molar-refractivity contribution in [3.8, 4) is 0 Å². The second kappa shape index (κ2) is 6.30. The molecule has 1 amide bonds. The number of benzene rings is 1. The molecule has 17 heavy (non-hydrogen) atoms. The minimum absolute atomic E-state index is 0.0274. The first kappa shape index (κ1) is 13.6. The van der Waals surface area contributed by atoms with Gasteiger partial charge in [-0.3, -0.25) is 4.79 Å². The molecule has 0 spiro atoms. The highest BCUT2D eigenvalue weighted by molar-refractivity contribution is 5.78. The molecule has 0 saturated carbocycles. The van der Waals surface area contributed by atoms with Crippen LogP contribution in [0.5, 0.6) is 0 Å². The lowest BCUT2D eigenvalue weighted by molar-refractivity contribution is -0.120. The van der Waals surface area contributed by atoms with Crippen molar-refractivity contribution in [2.75, 3.05) is 6.54 Å². The van der Waals surface area contributed by atoms with Crippen LogP contribution in [0.2, 0.25) is 0 Å². The minimum atomic E-state index is -0.988. The van der Waals surface area contributed by atoms with E-state index in [1.54, 1.807) is 6.92 Å². The molecule has 0 saturated heterocycles. The molecule has 1 unspecified atom stereocenters. The van der Waals surface area contributed by atoms with E-state index in [1.165, 1.54) is 12.1 Å². The second-order valence-corrected chi connectivity index (χ2v) is 3.88. The molecule has 0 heterocycles. The molecule has 0 bridgehead atoms. The first-order valence-corrected chi connectivity index (χ1v) is 5.38. The number of nitrogens with one attached hydrogen (secondary N) is 1. The molecule has 0 fully saturated rings. The van der Waals surface area contributed by atoms with E-state index >= 15 is 0 Å². The highest BCUT2D eigenvalue weighted by Gasteiger charge is 2.11. The van der Waals surface area contributed by atoms with Crippen LogP contribution in [-0.4, -0.2) is 23.7 Å². The summed E-state index contributed by atoms with van der Waals surface area (Å²) in [5.41, 5.74) is 0.0274. The highest BCUT2D eigenvalue weighted by Crippen LogP contribution is 2.11. The lowest BCUT2D eigenvalue weighted by Gasteiger charge is -2.07. The number of hydrogen-bond donors (Lipinski definition) is 2. The molecule has 0 aliphatic carbocycles. The Balaban J connectivity index is 2.48. The average Bonchev–Trinajstić information content (AvgIpc) is 2.24. The maximum absolute atomic E-state index is 13.2. The summed E-state index contributed by atoms with van der Waals surface area (Å²) in [5.74, 6) is -2.34. The fourth-order valence-electron chi connectivity index (χ4n) is 1.34. The van der Waals surface area contributed by atoms with Gasteiger partial charge in [0, 0.05) is 12.1 Å². The number of aliphatic hydroxyl groups is 1. The smallest absolute Gasteiger partial charge is 0.224 e. The van der Waals surface area contributed by atoms with Gasteiger partial charge in [0.25, 0.3) is 0 Å². The number of halogens is 2. The van der Waals surface area contributed by atoms with E-state index in [9.17, 15) is 13.6 Å². The average molecular weight is 243 g/mol. The predicted molar refractivity (Wildman–Crippen MR) is 59.4 cm³/mol. The SMILES string of the molecule is CC(O)CCNC(=O)Cc1cccc(F)c1F. The van der Waals surface area contributed by atoms with E-state index in [0.717, 1.165) is 6.07 Å². The normalized spacial score (nSPS) is 12.2. The molecule has 0 aliphatic rings. The molecule has 5 heteroatoms. The van der Waals surface area contributed by atoms with Crippen LogP contribution >= 0.6 is 0 Å². The van der Waals surface area contributed by atoms with Gasteiger partial charge in [-0.15, -0.1) is 0 Å². The van der Waals surface area contributed by atoms with Crippen LogP contribution in [-0.2, 0) is 11.2 Å². The topological polar surface area (TPSA) is 49.3 Å². The summed E-state index contributed by atoms with van der Waals surface area (Å²) in [6.45, 7) is 1.92. The van der Waals surface area contributed by atoms with Gasteiger partial charge in [0.2, 0.25) is 5.91 Å². The molecule has 0 aliphatic heterocycles. The van der Waals surface area contributed by atoms with E-state index < -0.39 is 23.6 Å². The van der Waals surface area contributed by atoms with Crippen LogP contribution < -0.4 is 5.32 Å². The Morgan fingerprint density at radius 3 is 2.82 bits per heavy atom. The summed E-state index contributed by atoms with van der Waals surface area (Å²) in [4.78, 5) is 11.4. The first-order chi connectivity index (χ1) is 8.00. The van der Waals surface area contributed by atoms with Gasteiger partial charge < -0.3 is 10.4 Å². The van der Waals surface area contributed by atoms with E-state index in [0.29, 0.717) is 13.0 Å². The van der Waals surface area contributed by atoms with Gasteiger partial charge in [0.15, 0.2) is 11.6 Å². The van der Waals surface area contributed by atoms with Crippen LogP contribution in [0.3, 0.4) is 0 Å². The van der Waals surface area contributed by atoms with E-state index in [-0.39, 0.29) is 12.0 Å². The zero-order chi connectivity index (χ0) is 12.8. The summed E-state index contributed by atoms with van der Waals surface area (Å²) < 4.78 is 26.1. The van der Waals surface area contributed by atoms with Crippen molar-refractivity contribution in [3.63, 3.8) is 0 Å². The highest BCUT2D eigenvalue weighted by atomic mass is 19.2. The molecule has 1 aromatic carbocycles. The maximum Gasteiger partial charge on any atom is 0.224 e. The number of aliphatic hydroxyl groups excluding tert-OH is 1. The van der Waals surface area contributed by atoms with Gasteiger partial charge in [0.1, 0.15) is 0 Å². The van der Waals surface area contributed by atoms with E-state index in [1.807, 2.05) is 0 Å². The molecule has 2 N–H and O–H groups in total. The predicted octanol–water partition coefficient (Wildman–Crippen LogP) is 1.39. The number of rotatable bonds is 5. The lowest BCUT2D eigenvalue weighted by Crippen LogP contribution is -2.28. The summed E-state index contributed by atoms with van der Waals surface area (Å²) >= 11 is 0. The third kappa shape index (κ3) is 4.48. The number of amides is 1. The number of hydrogen-bond acceptors (Lipinski definition) is 2. The van der Waals surface area contributed by atoms with Gasteiger partial charge >= 0.3 is 0 Å². The van der Waals surface area contributed by atoms with Crippen molar-refractivity contribution >= 4 is 5.91 Å². The van der Waals surface area contributed by atoms with Crippen LogP contribution in [0.4, 0.5) is 8.78 Å². The van der Waals surface area contributed by atoms with Gasteiger partial charge in [0.05, 0.1) is 12.5 Å². The molecule has 3 nitrogen and oxygen atoms in total. The third-order valence-corrected chi connectivity index (χ3v) is 2.27. The lowest BCUT2D eigenvalue weighted by atomic mass is 10.1. The Morgan fingerprint density at radius 2 is 2.18 bits per heavy atom. The summed E-state index contributed by atoms with van der Waals surface area (Å²) in [6.07, 6.45) is -0.276. The van der Waals surface area contributed by atoms with Crippen LogP contribution in [0.1, 0.15) is 18.9 Å². The number of carbonyl (C=O) groups is 1. The van der Waals surface area contributed by atoms with Gasteiger partial charge in [-0.2, -0.15) is 0 Å². The maximum atomic E-state index is 13.2. The van der Waals surface area contributed by atoms with Gasteiger partial charge in [-0.1, -0.05) is 12.1 Å². The Hall–Kier alpha value is -1.49. The fourth-order valence-corrected chi connectivity index (χ4v) is 1.34. The molecule has 0 aromatic heterocycles. The summed E-state index contributed by atoms with van der Waals surface area (Å²) in [5, 5.41) is 11.5. The standard InChI is InChI=1S/C12H15F2NO2/c1-8(16)5-6-15-11(17)7-9-3-2-4-10(13)12(9)14/h2-4,8,16H,5-7H2,1H3,(H,15,17). The third-order valence-electron chi connectivity index (χ3n) is 2.27. The quantitative estimate of drug-likeness (QED) is 0.821. The second-order valence-electron chi connectivity index (χ2n) is 3.88. The zero-order valence-corrected chi connectivity index (χ0v) is 9.54. The van der Waals surface area contributed by atoms with E-state index in [2.05, 4.69) is 5.32 Å². The van der Waals surface area contributed by atoms with Crippen molar-refractivity contribution in [1.29, 1.82) is 0 Å². The summed E-state index contributed by atoms with van der Waals surface area (Å²) in [7, 11) is 0. The van der Waals surface area contributed by atoms with Crippen molar-refractivity contribution in [3.05, 3.63) is 35.4 Å². The zero-order valence-electron chi connectivity index (χ0n) is 9.54.